The van der Waals surface area contributed by atoms with Gasteiger partial charge in [0.15, 0.2) is 5.96 Å². The zero-order valence-electron chi connectivity index (χ0n) is 16.8. The lowest BCUT2D eigenvalue weighted by atomic mass is 9.98. The van der Waals surface area contributed by atoms with Crippen LogP contribution < -0.4 is 10.6 Å². The molecule has 1 aromatic rings. The predicted molar refractivity (Wildman–Crippen MR) is 109 cm³/mol. The van der Waals surface area contributed by atoms with E-state index in [1.165, 1.54) is 43.2 Å². The first-order valence-electron chi connectivity index (χ1n) is 9.96. The SMILES string of the molecule is CN=C(NCCCOC1CCCCC1)NCc1cccc(CN(C)C)c1. The van der Waals surface area contributed by atoms with Crippen molar-refractivity contribution in [2.24, 2.45) is 4.99 Å². The molecule has 0 spiro atoms. The van der Waals surface area contributed by atoms with Gasteiger partial charge in [-0.25, -0.2) is 0 Å². The monoisotopic (exact) mass is 360 g/mol. The van der Waals surface area contributed by atoms with Crippen LogP contribution in [0.3, 0.4) is 0 Å². The normalized spacial score (nSPS) is 16.1. The first-order valence-corrected chi connectivity index (χ1v) is 9.96. The Morgan fingerprint density at radius 2 is 1.92 bits per heavy atom. The zero-order valence-corrected chi connectivity index (χ0v) is 16.8. The van der Waals surface area contributed by atoms with Gasteiger partial charge in [0.2, 0.25) is 0 Å². The lowest BCUT2D eigenvalue weighted by molar-refractivity contribution is 0.0277. The molecule has 2 rings (SSSR count). The van der Waals surface area contributed by atoms with E-state index in [9.17, 15) is 0 Å². The number of hydrogen-bond donors (Lipinski definition) is 2. The maximum Gasteiger partial charge on any atom is 0.191 e. The van der Waals surface area contributed by atoms with E-state index in [-0.39, 0.29) is 0 Å². The Bertz CT molecular complexity index is 539. The molecule has 5 heteroatoms. The van der Waals surface area contributed by atoms with Crippen LogP contribution in [0.15, 0.2) is 29.3 Å². The molecule has 1 aliphatic carbocycles. The van der Waals surface area contributed by atoms with Gasteiger partial charge in [-0.15, -0.1) is 0 Å². The van der Waals surface area contributed by atoms with E-state index in [1.54, 1.807) is 0 Å². The number of ether oxygens (including phenoxy) is 1. The van der Waals surface area contributed by atoms with E-state index in [4.69, 9.17) is 4.74 Å². The Hall–Kier alpha value is -1.59. The van der Waals surface area contributed by atoms with Crippen molar-refractivity contribution in [2.75, 3.05) is 34.3 Å². The van der Waals surface area contributed by atoms with Crippen LogP contribution in [0.1, 0.15) is 49.7 Å². The third-order valence-corrected chi connectivity index (χ3v) is 4.69. The average Bonchev–Trinajstić information content (AvgIpc) is 2.64. The highest BCUT2D eigenvalue weighted by molar-refractivity contribution is 5.79. The Morgan fingerprint density at radius 3 is 2.65 bits per heavy atom. The van der Waals surface area contributed by atoms with Gasteiger partial charge in [-0.2, -0.15) is 0 Å². The molecule has 0 saturated heterocycles. The van der Waals surface area contributed by atoms with E-state index in [0.717, 1.165) is 38.6 Å². The molecule has 1 saturated carbocycles. The molecule has 5 nitrogen and oxygen atoms in total. The van der Waals surface area contributed by atoms with Gasteiger partial charge in [-0.05, 0) is 44.5 Å². The van der Waals surface area contributed by atoms with Crippen molar-refractivity contribution in [2.45, 2.75) is 57.7 Å². The largest absolute Gasteiger partial charge is 0.378 e. The van der Waals surface area contributed by atoms with Crippen LogP contribution in [-0.4, -0.2) is 51.3 Å². The van der Waals surface area contributed by atoms with Crippen molar-refractivity contribution in [3.05, 3.63) is 35.4 Å². The molecule has 0 bridgehead atoms. The molecule has 1 aliphatic rings. The first kappa shape index (κ1) is 20.7. The van der Waals surface area contributed by atoms with Crippen LogP contribution in [-0.2, 0) is 17.8 Å². The molecule has 0 heterocycles. The summed E-state index contributed by atoms with van der Waals surface area (Å²) in [5.74, 6) is 0.848. The smallest absolute Gasteiger partial charge is 0.191 e. The molecular weight excluding hydrogens is 324 g/mol. The molecule has 0 amide bonds. The molecule has 0 atom stereocenters. The van der Waals surface area contributed by atoms with Crippen LogP contribution in [0.5, 0.6) is 0 Å². The number of hydrogen-bond acceptors (Lipinski definition) is 3. The van der Waals surface area contributed by atoms with Gasteiger partial charge in [0, 0.05) is 33.3 Å². The van der Waals surface area contributed by atoms with Crippen molar-refractivity contribution in [1.29, 1.82) is 0 Å². The van der Waals surface area contributed by atoms with E-state index < -0.39 is 0 Å². The highest BCUT2D eigenvalue weighted by Crippen LogP contribution is 2.20. The molecule has 1 fully saturated rings. The van der Waals surface area contributed by atoms with Gasteiger partial charge < -0.3 is 20.3 Å². The number of nitrogens with one attached hydrogen (secondary N) is 2. The quantitative estimate of drug-likeness (QED) is 0.403. The number of benzene rings is 1. The van der Waals surface area contributed by atoms with E-state index >= 15 is 0 Å². The fourth-order valence-electron chi connectivity index (χ4n) is 3.37. The summed E-state index contributed by atoms with van der Waals surface area (Å²) in [4.78, 5) is 6.49. The van der Waals surface area contributed by atoms with Gasteiger partial charge in [-0.1, -0.05) is 43.5 Å². The third-order valence-electron chi connectivity index (χ3n) is 4.69. The molecule has 0 aliphatic heterocycles. The summed E-state index contributed by atoms with van der Waals surface area (Å²) >= 11 is 0. The summed E-state index contributed by atoms with van der Waals surface area (Å²) < 4.78 is 5.97. The van der Waals surface area contributed by atoms with Crippen LogP contribution in [0, 0.1) is 0 Å². The zero-order chi connectivity index (χ0) is 18.6. The van der Waals surface area contributed by atoms with Gasteiger partial charge in [-0.3, -0.25) is 4.99 Å². The molecule has 1 aromatic carbocycles. The van der Waals surface area contributed by atoms with Crippen molar-refractivity contribution in [3.63, 3.8) is 0 Å². The summed E-state index contributed by atoms with van der Waals surface area (Å²) in [5.41, 5.74) is 2.60. The summed E-state index contributed by atoms with van der Waals surface area (Å²) in [7, 11) is 6.00. The molecular formula is C21H36N4O. The highest BCUT2D eigenvalue weighted by atomic mass is 16.5. The maximum absolute atomic E-state index is 5.97. The Kier molecular flexibility index (Phi) is 9.50. The minimum Gasteiger partial charge on any atom is -0.378 e. The van der Waals surface area contributed by atoms with Gasteiger partial charge >= 0.3 is 0 Å². The summed E-state index contributed by atoms with van der Waals surface area (Å²) in [6, 6.07) is 8.69. The molecule has 0 radical (unpaired) electrons. The van der Waals surface area contributed by atoms with Gasteiger partial charge in [0.25, 0.3) is 0 Å². The number of nitrogens with zero attached hydrogens (tertiary/aromatic N) is 2. The summed E-state index contributed by atoms with van der Waals surface area (Å²) in [5, 5.41) is 6.77. The molecule has 26 heavy (non-hydrogen) atoms. The molecule has 0 unspecified atom stereocenters. The van der Waals surface area contributed by atoms with Crippen LogP contribution >= 0.6 is 0 Å². The highest BCUT2D eigenvalue weighted by Gasteiger charge is 2.12. The summed E-state index contributed by atoms with van der Waals surface area (Å²) in [6.45, 7) is 3.45. The van der Waals surface area contributed by atoms with Gasteiger partial charge in [0.1, 0.15) is 0 Å². The number of guanidine groups is 1. The van der Waals surface area contributed by atoms with Crippen molar-refractivity contribution in [1.82, 2.24) is 15.5 Å². The lowest BCUT2D eigenvalue weighted by Gasteiger charge is -2.22. The van der Waals surface area contributed by atoms with Crippen LogP contribution in [0.2, 0.25) is 0 Å². The number of rotatable bonds is 9. The Balaban J connectivity index is 1.63. The Morgan fingerprint density at radius 1 is 1.15 bits per heavy atom. The Labute approximate surface area is 159 Å². The van der Waals surface area contributed by atoms with Crippen LogP contribution in [0.25, 0.3) is 0 Å². The molecule has 2 N–H and O–H groups in total. The number of aliphatic imine (C=N–C) groups is 1. The maximum atomic E-state index is 5.97. The second-order valence-corrected chi connectivity index (χ2v) is 7.39. The molecule has 146 valence electrons. The van der Waals surface area contributed by atoms with Crippen molar-refractivity contribution < 1.29 is 4.74 Å². The van der Waals surface area contributed by atoms with E-state index in [0.29, 0.717) is 6.10 Å². The van der Waals surface area contributed by atoms with E-state index in [1.807, 2.05) is 7.05 Å². The van der Waals surface area contributed by atoms with E-state index in [2.05, 4.69) is 58.9 Å². The fourth-order valence-corrected chi connectivity index (χ4v) is 3.37. The summed E-state index contributed by atoms with van der Waals surface area (Å²) in [6.07, 6.45) is 8.02. The minimum absolute atomic E-state index is 0.496. The van der Waals surface area contributed by atoms with Crippen molar-refractivity contribution in [3.8, 4) is 0 Å². The molecule has 0 aromatic heterocycles. The van der Waals surface area contributed by atoms with Crippen LogP contribution in [0.4, 0.5) is 0 Å². The lowest BCUT2D eigenvalue weighted by Crippen LogP contribution is -2.37. The average molecular weight is 361 g/mol. The standard InChI is InChI=1S/C21H36N4O/c1-22-21(23-13-8-14-26-20-11-5-4-6-12-20)24-16-18-9-7-10-19(15-18)17-25(2)3/h7,9-10,15,20H,4-6,8,11-14,16-17H2,1-3H3,(H2,22,23,24). The van der Waals surface area contributed by atoms with Gasteiger partial charge in [0.05, 0.1) is 6.10 Å². The minimum atomic E-state index is 0.496. The second kappa shape index (κ2) is 11.9. The third kappa shape index (κ3) is 8.19. The van der Waals surface area contributed by atoms with Crippen molar-refractivity contribution >= 4 is 5.96 Å². The topological polar surface area (TPSA) is 48.9 Å². The first-order chi connectivity index (χ1) is 12.7. The second-order valence-electron chi connectivity index (χ2n) is 7.39. The fraction of sp³-hybridized carbons (Fsp3) is 0.667. The predicted octanol–water partition coefficient (Wildman–Crippen LogP) is 3.15.